The summed E-state index contributed by atoms with van der Waals surface area (Å²) in [6.07, 6.45) is 3.77. The van der Waals surface area contributed by atoms with E-state index in [1.165, 1.54) is 0 Å². The Hall–Kier alpha value is -2.39. The zero-order valence-corrected chi connectivity index (χ0v) is 12.3. The normalized spacial score (nSPS) is 11.6. The Morgan fingerprint density at radius 3 is 2.48 bits per heavy atom. The van der Waals surface area contributed by atoms with E-state index in [4.69, 9.17) is 11.6 Å². The fourth-order valence-electron chi connectivity index (χ4n) is 1.66. The molecule has 0 atom stereocenters. The van der Waals surface area contributed by atoms with E-state index in [9.17, 15) is 4.79 Å². The smallest absolute Gasteiger partial charge is 0.267 e. The summed E-state index contributed by atoms with van der Waals surface area (Å²) in [7, 11) is 0. The Morgan fingerprint density at radius 1 is 1.10 bits per heavy atom. The van der Waals surface area contributed by atoms with Crippen molar-refractivity contribution < 1.29 is 4.79 Å². The van der Waals surface area contributed by atoms with E-state index in [1.807, 2.05) is 49.4 Å². The van der Waals surface area contributed by atoms with E-state index in [0.29, 0.717) is 16.3 Å². The van der Waals surface area contributed by atoms with Crippen LogP contribution in [0.25, 0.3) is 6.08 Å². The van der Waals surface area contributed by atoms with Crippen molar-refractivity contribution in [1.29, 1.82) is 0 Å². The van der Waals surface area contributed by atoms with Crippen LogP contribution < -0.4 is 5.43 Å². The van der Waals surface area contributed by atoms with Crippen molar-refractivity contribution in [1.82, 2.24) is 5.43 Å². The van der Waals surface area contributed by atoms with Gasteiger partial charge < -0.3 is 0 Å². The van der Waals surface area contributed by atoms with Crippen molar-refractivity contribution in [2.75, 3.05) is 0 Å². The highest BCUT2D eigenvalue weighted by atomic mass is 35.5. The third kappa shape index (κ3) is 4.58. The van der Waals surface area contributed by atoms with Gasteiger partial charge in [0.1, 0.15) is 0 Å². The number of hydrazone groups is 1. The monoisotopic (exact) mass is 298 g/mol. The molecule has 2 rings (SSSR count). The number of nitrogens with zero attached hydrogens (tertiary/aromatic N) is 1. The molecule has 21 heavy (non-hydrogen) atoms. The van der Waals surface area contributed by atoms with Gasteiger partial charge in [0.2, 0.25) is 0 Å². The topological polar surface area (TPSA) is 41.5 Å². The second-order valence-electron chi connectivity index (χ2n) is 4.42. The van der Waals surface area contributed by atoms with Crippen LogP contribution in [0.4, 0.5) is 0 Å². The van der Waals surface area contributed by atoms with Crippen LogP contribution >= 0.6 is 11.6 Å². The average molecular weight is 299 g/mol. The number of hydrogen-bond acceptors (Lipinski definition) is 2. The first kappa shape index (κ1) is 15.0. The molecular formula is C17H15ClN2O. The van der Waals surface area contributed by atoms with Gasteiger partial charge >= 0.3 is 0 Å². The molecule has 2 aromatic rings. The highest BCUT2D eigenvalue weighted by molar-refractivity contribution is 6.33. The Morgan fingerprint density at radius 2 is 1.76 bits per heavy atom. The molecule has 0 heterocycles. The lowest BCUT2D eigenvalue weighted by molar-refractivity contribution is 0.0955. The van der Waals surface area contributed by atoms with Crippen molar-refractivity contribution in [2.24, 2.45) is 5.10 Å². The van der Waals surface area contributed by atoms with Gasteiger partial charge in [0.15, 0.2) is 0 Å². The van der Waals surface area contributed by atoms with E-state index < -0.39 is 0 Å². The van der Waals surface area contributed by atoms with E-state index in [2.05, 4.69) is 10.5 Å². The van der Waals surface area contributed by atoms with E-state index in [1.54, 1.807) is 24.3 Å². The molecule has 4 heteroatoms. The molecule has 0 aromatic heterocycles. The molecule has 106 valence electrons. The summed E-state index contributed by atoms with van der Waals surface area (Å²) in [5.41, 5.74) is 4.66. The van der Waals surface area contributed by atoms with Gasteiger partial charge in [0, 0.05) is 0 Å². The molecule has 0 unspecified atom stereocenters. The van der Waals surface area contributed by atoms with Crippen LogP contribution in [0.1, 0.15) is 22.8 Å². The molecule has 0 spiro atoms. The lowest BCUT2D eigenvalue weighted by Gasteiger charge is -2.02. The van der Waals surface area contributed by atoms with Gasteiger partial charge in [-0.15, -0.1) is 0 Å². The second-order valence-corrected chi connectivity index (χ2v) is 4.83. The van der Waals surface area contributed by atoms with Crippen LogP contribution in [0, 0.1) is 0 Å². The van der Waals surface area contributed by atoms with Crippen molar-refractivity contribution in [2.45, 2.75) is 6.92 Å². The maximum atomic E-state index is 11.9. The third-order valence-electron chi connectivity index (χ3n) is 2.77. The van der Waals surface area contributed by atoms with Gasteiger partial charge in [-0.05, 0) is 30.7 Å². The summed E-state index contributed by atoms with van der Waals surface area (Å²) in [5, 5.41) is 4.43. The van der Waals surface area contributed by atoms with Crippen LogP contribution in [0.3, 0.4) is 0 Å². The van der Waals surface area contributed by atoms with Crippen molar-refractivity contribution in [3.05, 3.63) is 76.8 Å². The van der Waals surface area contributed by atoms with Crippen molar-refractivity contribution in [3.63, 3.8) is 0 Å². The lowest BCUT2D eigenvalue weighted by atomic mass is 10.2. The van der Waals surface area contributed by atoms with Crippen LogP contribution in [0.15, 0.2) is 65.8 Å². The molecule has 0 aliphatic carbocycles. The number of benzene rings is 2. The molecule has 0 saturated carbocycles. The van der Waals surface area contributed by atoms with Gasteiger partial charge in [0.05, 0.1) is 16.3 Å². The van der Waals surface area contributed by atoms with Gasteiger partial charge in [-0.3, -0.25) is 4.79 Å². The number of nitrogens with one attached hydrogen (secondary N) is 1. The summed E-state index contributed by atoms with van der Waals surface area (Å²) in [6, 6.07) is 16.7. The summed E-state index contributed by atoms with van der Waals surface area (Å²) in [5.74, 6) is -0.326. The number of amides is 1. The molecule has 3 nitrogen and oxygen atoms in total. The number of halogens is 1. The first-order valence-electron chi connectivity index (χ1n) is 6.49. The number of allylic oxidation sites excluding steroid dienone is 1. The second kappa shape index (κ2) is 7.41. The van der Waals surface area contributed by atoms with E-state index in [-0.39, 0.29) is 5.91 Å². The summed E-state index contributed by atoms with van der Waals surface area (Å²) in [4.78, 5) is 11.9. The maximum absolute atomic E-state index is 11.9. The minimum absolute atomic E-state index is 0.326. The first-order chi connectivity index (χ1) is 10.2. The van der Waals surface area contributed by atoms with Crippen LogP contribution in [0.5, 0.6) is 0 Å². The summed E-state index contributed by atoms with van der Waals surface area (Å²) in [6.45, 7) is 1.81. The van der Waals surface area contributed by atoms with Gasteiger partial charge in [-0.2, -0.15) is 5.10 Å². The molecule has 1 N–H and O–H groups in total. The molecule has 0 bridgehead atoms. The largest absolute Gasteiger partial charge is 0.272 e. The van der Waals surface area contributed by atoms with Crippen LogP contribution in [-0.4, -0.2) is 11.6 Å². The lowest BCUT2D eigenvalue weighted by Crippen LogP contribution is -2.19. The average Bonchev–Trinajstić information content (AvgIpc) is 2.52. The quantitative estimate of drug-likeness (QED) is 0.668. The zero-order valence-electron chi connectivity index (χ0n) is 11.6. The Labute approximate surface area is 129 Å². The molecule has 0 aliphatic heterocycles. The highest BCUT2D eigenvalue weighted by Crippen LogP contribution is 2.14. The molecule has 2 aromatic carbocycles. The molecule has 0 radical (unpaired) electrons. The predicted molar refractivity (Wildman–Crippen MR) is 87.5 cm³/mol. The fraction of sp³-hybridized carbons (Fsp3) is 0.0588. The van der Waals surface area contributed by atoms with Crippen molar-refractivity contribution >= 4 is 29.3 Å². The SMILES string of the molecule is CC(/C=C/c1ccccc1)=N\NC(=O)c1ccccc1Cl. The molecule has 0 aliphatic rings. The van der Waals surface area contributed by atoms with Crippen LogP contribution in [0.2, 0.25) is 5.02 Å². The third-order valence-corrected chi connectivity index (χ3v) is 3.10. The number of carbonyl (C=O) groups excluding carboxylic acids is 1. The number of rotatable bonds is 4. The van der Waals surface area contributed by atoms with E-state index >= 15 is 0 Å². The number of carbonyl (C=O) groups is 1. The Kier molecular flexibility index (Phi) is 5.29. The summed E-state index contributed by atoms with van der Waals surface area (Å²) >= 11 is 5.95. The predicted octanol–water partition coefficient (Wildman–Crippen LogP) is 4.16. The molecule has 1 amide bonds. The van der Waals surface area contributed by atoms with Gasteiger partial charge in [0.25, 0.3) is 5.91 Å². The Bertz CT molecular complexity index is 678. The maximum Gasteiger partial charge on any atom is 0.272 e. The zero-order chi connectivity index (χ0) is 15.1. The highest BCUT2D eigenvalue weighted by Gasteiger charge is 2.07. The minimum atomic E-state index is -0.326. The summed E-state index contributed by atoms with van der Waals surface area (Å²) < 4.78 is 0. The standard InChI is InChI=1S/C17H15ClN2O/c1-13(11-12-14-7-3-2-4-8-14)19-20-17(21)15-9-5-6-10-16(15)18/h2-12H,1H3,(H,20,21)/b12-11+,19-13+. The molecular weight excluding hydrogens is 284 g/mol. The first-order valence-corrected chi connectivity index (χ1v) is 6.87. The van der Waals surface area contributed by atoms with Gasteiger partial charge in [-0.1, -0.05) is 60.1 Å². The molecule has 0 fully saturated rings. The van der Waals surface area contributed by atoms with Crippen molar-refractivity contribution in [3.8, 4) is 0 Å². The molecule has 0 saturated heterocycles. The van der Waals surface area contributed by atoms with Crippen LogP contribution in [-0.2, 0) is 0 Å². The Balaban J connectivity index is 1.99. The van der Waals surface area contributed by atoms with E-state index in [0.717, 1.165) is 5.56 Å². The van der Waals surface area contributed by atoms with Gasteiger partial charge in [-0.25, -0.2) is 5.43 Å². The number of hydrogen-bond donors (Lipinski definition) is 1. The fourth-order valence-corrected chi connectivity index (χ4v) is 1.88. The minimum Gasteiger partial charge on any atom is -0.267 e.